The molecule has 1 atom stereocenters. The Morgan fingerprint density at radius 2 is 1.93 bits per heavy atom. The Morgan fingerprint density at radius 1 is 1.25 bits per heavy atom. The molecule has 3 N–H and O–H groups in total. The summed E-state index contributed by atoms with van der Waals surface area (Å²) in [6.45, 7) is 4.97. The molecule has 0 aliphatic rings. The Kier molecular flexibility index (Phi) is 7.07. The highest BCUT2D eigenvalue weighted by atomic mass is 32.1. The van der Waals surface area contributed by atoms with Gasteiger partial charge in [0.1, 0.15) is 22.7 Å². The summed E-state index contributed by atoms with van der Waals surface area (Å²) in [5.41, 5.74) is 1.25. The molecule has 150 valence electrons. The number of nitrogens with one attached hydrogen (secondary N) is 1. The van der Waals surface area contributed by atoms with Crippen LogP contribution in [0.15, 0.2) is 29.1 Å². The minimum atomic E-state index is -1.82. The highest BCUT2D eigenvalue weighted by Crippen LogP contribution is 2.32. The molecule has 0 fully saturated rings. The van der Waals surface area contributed by atoms with Gasteiger partial charge in [-0.3, -0.25) is 4.90 Å². The second kappa shape index (κ2) is 9.29. The fraction of sp³-hybridized carbons (Fsp3) is 0.333. The minimum Gasteiger partial charge on any atom is -0.473 e. The standard InChI is InChI=1S/C16H20N4OS.C2H2O4/c1-10-11(2)22-16-14(10)15(18-9-19-16)17-8-12(20(3)4)13-6-5-7-21-13;3-1(4)2(5)6/h5-7,9,12H,8H2,1-4H3,(H,17,18,19);(H,3,4)(H,5,6). The van der Waals surface area contributed by atoms with Gasteiger partial charge >= 0.3 is 11.9 Å². The van der Waals surface area contributed by atoms with Crippen molar-refractivity contribution in [3.05, 3.63) is 40.9 Å². The van der Waals surface area contributed by atoms with Crippen molar-refractivity contribution in [2.75, 3.05) is 26.0 Å². The number of aromatic nitrogens is 2. The fourth-order valence-corrected chi connectivity index (χ4v) is 3.53. The summed E-state index contributed by atoms with van der Waals surface area (Å²) in [6.07, 6.45) is 3.33. The number of anilines is 1. The molecule has 0 saturated heterocycles. The lowest BCUT2D eigenvalue weighted by Gasteiger charge is -2.23. The third-order valence-electron chi connectivity index (χ3n) is 4.11. The van der Waals surface area contributed by atoms with Crippen molar-refractivity contribution >= 4 is 39.3 Å². The van der Waals surface area contributed by atoms with Gasteiger partial charge in [-0.05, 0) is 45.6 Å². The number of carboxylic acid groups (broad SMARTS) is 2. The number of aliphatic carboxylic acids is 2. The summed E-state index contributed by atoms with van der Waals surface area (Å²) in [5.74, 6) is -1.81. The maximum absolute atomic E-state index is 9.10. The molecule has 0 amide bonds. The molecular formula is C18H22N4O5S. The third kappa shape index (κ3) is 5.05. The Bertz CT molecular complexity index is 940. The summed E-state index contributed by atoms with van der Waals surface area (Å²) in [5, 5.41) is 19.4. The first kappa shape index (κ1) is 21.3. The van der Waals surface area contributed by atoms with E-state index in [1.807, 2.05) is 26.2 Å². The SMILES string of the molecule is Cc1sc2ncnc(NCC(c3ccco3)N(C)C)c2c1C.O=C(O)C(=O)O. The maximum Gasteiger partial charge on any atom is 0.414 e. The number of hydrogen-bond donors (Lipinski definition) is 3. The molecule has 0 radical (unpaired) electrons. The van der Waals surface area contributed by atoms with Crippen LogP contribution in [-0.4, -0.2) is 57.7 Å². The van der Waals surface area contributed by atoms with Crippen LogP contribution in [0, 0.1) is 13.8 Å². The van der Waals surface area contributed by atoms with Gasteiger partial charge < -0.3 is 19.9 Å². The molecule has 0 spiro atoms. The first-order valence-corrected chi connectivity index (χ1v) is 9.14. The van der Waals surface area contributed by atoms with Gasteiger partial charge in [0.25, 0.3) is 0 Å². The van der Waals surface area contributed by atoms with Crippen LogP contribution < -0.4 is 5.32 Å². The number of aryl methyl sites for hydroxylation is 2. The molecule has 0 aromatic carbocycles. The largest absolute Gasteiger partial charge is 0.473 e. The van der Waals surface area contributed by atoms with E-state index in [4.69, 9.17) is 24.2 Å². The smallest absolute Gasteiger partial charge is 0.414 e. The van der Waals surface area contributed by atoms with E-state index in [-0.39, 0.29) is 6.04 Å². The number of nitrogens with zero attached hydrogens (tertiary/aromatic N) is 3. The van der Waals surface area contributed by atoms with Gasteiger partial charge in [-0.1, -0.05) is 0 Å². The van der Waals surface area contributed by atoms with Crippen molar-refractivity contribution in [1.29, 1.82) is 0 Å². The van der Waals surface area contributed by atoms with Crippen molar-refractivity contribution in [2.24, 2.45) is 0 Å². The molecular weight excluding hydrogens is 384 g/mol. The monoisotopic (exact) mass is 406 g/mol. The molecule has 0 saturated carbocycles. The zero-order chi connectivity index (χ0) is 20.8. The highest BCUT2D eigenvalue weighted by molar-refractivity contribution is 7.18. The number of carboxylic acids is 2. The van der Waals surface area contributed by atoms with Crippen LogP contribution >= 0.6 is 11.3 Å². The number of furan rings is 1. The average Bonchev–Trinajstić information content (AvgIpc) is 3.25. The molecule has 0 aliphatic carbocycles. The van der Waals surface area contributed by atoms with Crippen LogP contribution in [0.3, 0.4) is 0 Å². The van der Waals surface area contributed by atoms with Crippen LogP contribution in [0.1, 0.15) is 22.2 Å². The van der Waals surface area contributed by atoms with Crippen molar-refractivity contribution in [2.45, 2.75) is 19.9 Å². The van der Waals surface area contributed by atoms with Crippen LogP contribution in [0.5, 0.6) is 0 Å². The van der Waals surface area contributed by atoms with Crippen LogP contribution in [-0.2, 0) is 9.59 Å². The quantitative estimate of drug-likeness (QED) is 0.548. The lowest BCUT2D eigenvalue weighted by atomic mass is 10.2. The summed E-state index contributed by atoms with van der Waals surface area (Å²) in [6, 6.07) is 4.07. The molecule has 28 heavy (non-hydrogen) atoms. The molecule has 3 heterocycles. The molecule has 9 nitrogen and oxygen atoms in total. The van der Waals surface area contributed by atoms with Gasteiger partial charge in [0.2, 0.25) is 0 Å². The number of thiophene rings is 1. The van der Waals surface area contributed by atoms with Gasteiger partial charge in [0, 0.05) is 11.4 Å². The molecule has 3 aromatic rings. The summed E-state index contributed by atoms with van der Waals surface area (Å²) < 4.78 is 5.55. The normalized spacial score (nSPS) is 11.8. The predicted octanol–water partition coefficient (Wildman–Crippen LogP) is 2.77. The van der Waals surface area contributed by atoms with E-state index in [9.17, 15) is 0 Å². The number of carbonyl (C=O) groups is 2. The van der Waals surface area contributed by atoms with Gasteiger partial charge in [-0.25, -0.2) is 19.6 Å². The molecule has 0 bridgehead atoms. The van der Waals surface area contributed by atoms with Gasteiger partial charge in [-0.2, -0.15) is 0 Å². The maximum atomic E-state index is 9.10. The van der Waals surface area contributed by atoms with Crippen molar-refractivity contribution < 1.29 is 24.2 Å². The van der Waals surface area contributed by atoms with E-state index >= 15 is 0 Å². The van der Waals surface area contributed by atoms with Gasteiger partial charge in [0.05, 0.1) is 17.7 Å². The average molecular weight is 406 g/mol. The Balaban J connectivity index is 0.000000409. The lowest BCUT2D eigenvalue weighted by molar-refractivity contribution is -0.159. The van der Waals surface area contributed by atoms with E-state index < -0.39 is 11.9 Å². The fourth-order valence-electron chi connectivity index (χ4n) is 2.53. The zero-order valence-corrected chi connectivity index (χ0v) is 16.8. The molecule has 1 unspecified atom stereocenters. The third-order valence-corrected chi connectivity index (χ3v) is 5.22. The highest BCUT2D eigenvalue weighted by Gasteiger charge is 2.18. The van der Waals surface area contributed by atoms with E-state index in [0.717, 1.165) is 28.3 Å². The van der Waals surface area contributed by atoms with E-state index in [2.05, 4.69) is 34.0 Å². The molecule has 3 rings (SSSR count). The molecule has 10 heteroatoms. The summed E-state index contributed by atoms with van der Waals surface area (Å²) in [4.78, 5) is 31.5. The van der Waals surface area contributed by atoms with Crippen molar-refractivity contribution in [3.8, 4) is 0 Å². The Morgan fingerprint density at radius 3 is 2.46 bits per heavy atom. The number of fused-ring (bicyclic) bond motifs is 1. The number of likely N-dealkylation sites (N-methyl/N-ethyl adjacent to an activating group) is 1. The second-order valence-corrected chi connectivity index (χ2v) is 7.37. The molecule has 0 aliphatic heterocycles. The van der Waals surface area contributed by atoms with E-state index in [1.54, 1.807) is 23.9 Å². The summed E-state index contributed by atoms with van der Waals surface area (Å²) in [7, 11) is 4.09. The first-order chi connectivity index (χ1) is 13.2. The Labute approximate surface area is 165 Å². The predicted molar refractivity (Wildman–Crippen MR) is 106 cm³/mol. The topological polar surface area (TPSA) is 129 Å². The first-order valence-electron chi connectivity index (χ1n) is 8.33. The Hall–Kier alpha value is -2.98. The minimum absolute atomic E-state index is 0.153. The van der Waals surface area contributed by atoms with Gasteiger partial charge in [-0.15, -0.1) is 11.3 Å². The second-order valence-electron chi connectivity index (χ2n) is 6.17. The van der Waals surface area contributed by atoms with E-state index in [0.29, 0.717) is 0 Å². The van der Waals surface area contributed by atoms with Crippen LogP contribution in [0.4, 0.5) is 5.82 Å². The number of hydrogen-bond acceptors (Lipinski definition) is 8. The zero-order valence-electron chi connectivity index (χ0n) is 16.0. The number of rotatable bonds is 5. The van der Waals surface area contributed by atoms with Crippen molar-refractivity contribution in [3.63, 3.8) is 0 Å². The van der Waals surface area contributed by atoms with Crippen LogP contribution in [0.2, 0.25) is 0 Å². The summed E-state index contributed by atoms with van der Waals surface area (Å²) >= 11 is 1.71. The van der Waals surface area contributed by atoms with Crippen LogP contribution in [0.25, 0.3) is 10.2 Å². The van der Waals surface area contributed by atoms with E-state index in [1.165, 1.54) is 10.4 Å². The van der Waals surface area contributed by atoms with Gasteiger partial charge in [0.15, 0.2) is 0 Å². The lowest BCUT2D eigenvalue weighted by Crippen LogP contribution is -2.26. The van der Waals surface area contributed by atoms with Crippen molar-refractivity contribution in [1.82, 2.24) is 14.9 Å². The molecule has 3 aromatic heterocycles.